The summed E-state index contributed by atoms with van der Waals surface area (Å²) in [6, 6.07) is 22.1. The van der Waals surface area contributed by atoms with E-state index in [9.17, 15) is 14.7 Å². The molecule has 1 aliphatic heterocycles. The monoisotopic (exact) mass is 410 g/mol. The summed E-state index contributed by atoms with van der Waals surface area (Å²) in [6.07, 6.45) is 0. The third-order valence-corrected chi connectivity index (χ3v) is 6.13. The average molecular weight is 410 g/mol. The highest BCUT2D eigenvalue weighted by atomic mass is 16.4. The van der Waals surface area contributed by atoms with Gasteiger partial charge in [0.25, 0.3) is 5.91 Å². The van der Waals surface area contributed by atoms with Crippen molar-refractivity contribution >= 4 is 22.8 Å². The molecule has 31 heavy (non-hydrogen) atoms. The van der Waals surface area contributed by atoms with Gasteiger partial charge in [0.05, 0.1) is 11.7 Å². The zero-order valence-corrected chi connectivity index (χ0v) is 17.3. The van der Waals surface area contributed by atoms with Crippen molar-refractivity contribution < 1.29 is 14.7 Å². The van der Waals surface area contributed by atoms with E-state index >= 15 is 0 Å². The minimum atomic E-state index is -1.03. The number of aryl methyl sites for hydroxylation is 1. The van der Waals surface area contributed by atoms with Crippen LogP contribution in [0.15, 0.2) is 72.8 Å². The maximum Gasteiger partial charge on any atom is 0.326 e. The van der Waals surface area contributed by atoms with Crippen molar-refractivity contribution in [1.29, 1.82) is 0 Å². The SMILES string of the molecule is Cc1ccc(-c2[nH]c3ccccc3c2[C@H]2c3ccccc3C(=O)N2[C@H](C)C(=O)O)cc1. The highest BCUT2D eigenvalue weighted by Crippen LogP contribution is 2.46. The number of carboxylic acid groups (broad SMARTS) is 1. The molecular weight excluding hydrogens is 388 g/mol. The first kappa shape index (κ1) is 19.1. The largest absolute Gasteiger partial charge is 0.480 e. The van der Waals surface area contributed by atoms with Gasteiger partial charge in [-0.3, -0.25) is 4.79 Å². The molecule has 5 nitrogen and oxygen atoms in total. The molecule has 1 aromatic heterocycles. The fourth-order valence-corrected chi connectivity index (χ4v) is 4.55. The van der Waals surface area contributed by atoms with E-state index in [1.165, 1.54) is 4.90 Å². The van der Waals surface area contributed by atoms with E-state index in [1.54, 1.807) is 13.0 Å². The standard InChI is InChI=1S/C26H22N2O3/c1-15-11-13-17(14-12-15)23-22(20-9-5-6-10-21(20)27-23)24-18-7-3-4-8-19(18)25(29)28(24)16(2)26(30)31/h3-14,16,24,27H,1-2H3,(H,30,31)/t16-,24-/m1/s1. The molecule has 0 saturated carbocycles. The highest BCUT2D eigenvalue weighted by molar-refractivity contribution is 6.03. The molecule has 154 valence electrons. The molecule has 0 bridgehead atoms. The van der Waals surface area contributed by atoms with Crippen LogP contribution in [0.4, 0.5) is 0 Å². The number of carbonyl (C=O) groups is 2. The van der Waals surface area contributed by atoms with Crippen LogP contribution in [0.25, 0.3) is 22.2 Å². The molecule has 0 radical (unpaired) electrons. The van der Waals surface area contributed by atoms with Crippen LogP contribution >= 0.6 is 0 Å². The van der Waals surface area contributed by atoms with Crippen LogP contribution in [0.1, 0.15) is 40.0 Å². The number of H-pyrrole nitrogens is 1. The number of rotatable bonds is 4. The maximum atomic E-state index is 13.3. The van der Waals surface area contributed by atoms with E-state index in [2.05, 4.69) is 29.2 Å². The van der Waals surface area contributed by atoms with E-state index in [0.717, 1.165) is 38.9 Å². The summed E-state index contributed by atoms with van der Waals surface area (Å²) in [6.45, 7) is 3.61. The minimum Gasteiger partial charge on any atom is -0.480 e. The first-order valence-electron chi connectivity index (χ1n) is 10.3. The zero-order chi connectivity index (χ0) is 21.7. The lowest BCUT2D eigenvalue weighted by Crippen LogP contribution is -2.41. The van der Waals surface area contributed by atoms with Crippen LogP contribution in [0.3, 0.4) is 0 Å². The molecule has 1 amide bonds. The van der Waals surface area contributed by atoms with Crippen LogP contribution in [0.5, 0.6) is 0 Å². The Bertz CT molecular complexity index is 1320. The number of benzene rings is 3. The van der Waals surface area contributed by atoms with Crippen molar-refractivity contribution in [2.45, 2.75) is 25.9 Å². The minimum absolute atomic E-state index is 0.254. The van der Waals surface area contributed by atoms with E-state index in [1.807, 2.05) is 49.4 Å². The van der Waals surface area contributed by atoms with Gasteiger partial charge >= 0.3 is 5.97 Å². The van der Waals surface area contributed by atoms with Crippen molar-refractivity contribution in [3.8, 4) is 11.3 Å². The molecular formula is C26H22N2O3. The fourth-order valence-electron chi connectivity index (χ4n) is 4.55. The van der Waals surface area contributed by atoms with Gasteiger partial charge in [-0.2, -0.15) is 0 Å². The molecule has 2 N–H and O–H groups in total. The number of nitrogens with one attached hydrogen (secondary N) is 1. The summed E-state index contributed by atoms with van der Waals surface area (Å²) in [7, 11) is 0. The predicted molar refractivity (Wildman–Crippen MR) is 120 cm³/mol. The second-order valence-electron chi connectivity index (χ2n) is 8.04. The third kappa shape index (κ3) is 2.93. The Morgan fingerprint density at radius 3 is 2.42 bits per heavy atom. The smallest absolute Gasteiger partial charge is 0.326 e. The van der Waals surface area contributed by atoms with Crippen molar-refractivity contribution in [2.24, 2.45) is 0 Å². The van der Waals surface area contributed by atoms with E-state index in [0.29, 0.717) is 5.56 Å². The Kier molecular flexibility index (Phi) is 4.40. The van der Waals surface area contributed by atoms with Gasteiger partial charge in [-0.05, 0) is 37.1 Å². The molecule has 4 aromatic rings. The van der Waals surface area contributed by atoms with Gasteiger partial charge in [-0.15, -0.1) is 0 Å². The topological polar surface area (TPSA) is 73.4 Å². The Morgan fingerprint density at radius 2 is 1.68 bits per heavy atom. The first-order valence-corrected chi connectivity index (χ1v) is 10.3. The Balaban J connectivity index is 1.82. The Labute approximate surface area is 179 Å². The number of carbonyl (C=O) groups excluding carboxylic acids is 1. The molecule has 0 unspecified atom stereocenters. The lowest BCUT2D eigenvalue weighted by atomic mass is 9.92. The van der Waals surface area contributed by atoms with Gasteiger partial charge in [0, 0.05) is 22.0 Å². The number of aromatic amines is 1. The summed E-state index contributed by atoms with van der Waals surface area (Å²) in [5.74, 6) is -1.28. The Morgan fingerprint density at radius 1 is 1.00 bits per heavy atom. The molecule has 0 aliphatic carbocycles. The summed E-state index contributed by atoms with van der Waals surface area (Å²) in [4.78, 5) is 30.3. The number of aromatic nitrogens is 1. The zero-order valence-electron chi connectivity index (χ0n) is 17.3. The number of aliphatic carboxylic acids is 1. The number of hydrogen-bond donors (Lipinski definition) is 2. The number of nitrogens with zero attached hydrogens (tertiary/aromatic N) is 1. The van der Waals surface area contributed by atoms with Gasteiger partial charge in [-0.1, -0.05) is 66.2 Å². The number of amides is 1. The summed E-state index contributed by atoms with van der Waals surface area (Å²) >= 11 is 0. The van der Waals surface area contributed by atoms with Crippen molar-refractivity contribution in [3.05, 3.63) is 95.1 Å². The van der Waals surface area contributed by atoms with E-state index in [4.69, 9.17) is 0 Å². The molecule has 0 spiro atoms. The van der Waals surface area contributed by atoms with Crippen LogP contribution in [0.2, 0.25) is 0 Å². The van der Waals surface area contributed by atoms with Gasteiger partial charge in [-0.25, -0.2) is 4.79 Å². The van der Waals surface area contributed by atoms with Gasteiger partial charge in [0.15, 0.2) is 0 Å². The summed E-state index contributed by atoms with van der Waals surface area (Å²) in [5, 5.41) is 10.8. The average Bonchev–Trinajstić information content (AvgIpc) is 3.29. The normalized spacial score (nSPS) is 16.5. The van der Waals surface area contributed by atoms with E-state index in [-0.39, 0.29) is 5.91 Å². The van der Waals surface area contributed by atoms with Crippen molar-refractivity contribution in [1.82, 2.24) is 9.88 Å². The molecule has 5 heteroatoms. The number of carboxylic acids is 1. The molecule has 3 aromatic carbocycles. The van der Waals surface area contributed by atoms with Gasteiger partial charge in [0.1, 0.15) is 6.04 Å². The second-order valence-corrected chi connectivity index (χ2v) is 8.04. The third-order valence-electron chi connectivity index (χ3n) is 6.13. The molecule has 5 rings (SSSR count). The molecule has 0 fully saturated rings. The summed E-state index contributed by atoms with van der Waals surface area (Å²) < 4.78 is 0. The lowest BCUT2D eigenvalue weighted by Gasteiger charge is -2.29. The molecule has 2 heterocycles. The highest BCUT2D eigenvalue weighted by Gasteiger charge is 2.44. The van der Waals surface area contributed by atoms with Crippen LogP contribution in [-0.4, -0.2) is 32.9 Å². The van der Waals surface area contributed by atoms with Gasteiger partial charge in [0.2, 0.25) is 0 Å². The number of para-hydroxylation sites is 1. The molecule has 2 atom stereocenters. The summed E-state index contributed by atoms with van der Waals surface area (Å²) in [5.41, 5.74) is 6.32. The fraction of sp³-hybridized carbons (Fsp3) is 0.154. The van der Waals surface area contributed by atoms with E-state index < -0.39 is 18.1 Å². The van der Waals surface area contributed by atoms with Crippen LogP contribution in [0, 0.1) is 6.92 Å². The van der Waals surface area contributed by atoms with Crippen molar-refractivity contribution in [2.75, 3.05) is 0 Å². The lowest BCUT2D eigenvalue weighted by molar-refractivity contribution is -0.142. The number of fused-ring (bicyclic) bond motifs is 2. The van der Waals surface area contributed by atoms with Crippen LogP contribution < -0.4 is 0 Å². The second kappa shape index (κ2) is 7.13. The quantitative estimate of drug-likeness (QED) is 0.488. The maximum absolute atomic E-state index is 13.3. The number of hydrogen-bond acceptors (Lipinski definition) is 2. The first-order chi connectivity index (χ1) is 15.0. The van der Waals surface area contributed by atoms with Gasteiger partial charge < -0.3 is 15.0 Å². The Hall–Kier alpha value is -3.86. The van der Waals surface area contributed by atoms with Crippen LogP contribution in [-0.2, 0) is 4.79 Å². The predicted octanol–water partition coefficient (Wildman–Crippen LogP) is 5.16. The molecule has 1 aliphatic rings. The van der Waals surface area contributed by atoms with Crippen molar-refractivity contribution in [3.63, 3.8) is 0 Å². The molecule has 0 saturated heterocycles.